The Balaban J connectivity index is 2.69. The number of rotatable bonds is 4. The smallest absolute Gasteiger partial charge is 0.0439 e. The van der Waals surface area contributed by atoms with Gasteiger partial charge in [0.2, 0.25) is 0 Å². The zero-order chi connectivity index (χ0) is 11.3. The fraction of sp³-hybridized carbons (Fsp3) is 0.385. The van der Waals surface area contributed by atoms with Gasteiger partial charge in [0.15, 0.2) is 0 Å². The predicted molar refractivity (Wildman–Crippen MR) is 67.0 cm³/mol. The summed E-state index contributed by atoms with van der Waals surface area (Å²) < 4.78 is 0. The van der Waals surface area contributed by atoms with E-state index in [9.17, 15) is 0 Å². The summed E-state index contributed by atoms with van der Waals surface area (Å²) in [6.07, 6.45) is 4.03. The molecule has 0 fully saturated rings. The molecule has 82 valence electrons. The van der Waals surface area contributed by atoms with Crippen LogP contribution in [0.5, 0.6) is 0 Å². The minimum absolute atomic E-state index is 1.02. The zero-order valence-corrected chi connectivity index (χ0v) is 10.0. The van der Waals surface area contributed by atoms with Crippen molar-refractivity contribution in [3.8, 4) is 0 Å². The van der Waals surface area contributed by atoms with E-state index < -0.39 is 0 Å². The van der Waals surface area contributed by atoms with Gasteiger partial charge in [0.05, 0.1) is 0 Å². The Hall–Kier alpha value is -1.44. The molecule has 0 heterocycles. The lowest BCUT2D eigenvalue weighted by atomic mass is 10.1. The maximum atomic E-state index is 3.32. The van der Waals surface area contributed by atoms with E-state index in [2.05, 4.69) is 56.2 Å². The molecular formula is C13H20N2. The van der Waals surface area contributed by atoms with Gasteiger partial charge in [-0.05, 0) is 31.9 Å². The Morgan fingerprint density at radius 3 is 2.40 bits per heavy atom. The predicted octanol–water partition coefficient (Wildman–Crippen LogP) is 3.14. The molecular weight excluding hydrogens is 184 g/mol. The van der Waals surface area contributed by atoms with Crippen molar-refractivity contribution in [3.05, 3.63) is 41.7 Å². The second-order valence-corrected chi connectivity index (χ2v) is 3.80. The van der Waals surface area contributed by atoms with Crippen molar-refractivity contribution in [2.75, 3.05) is 18.9 Å². The standard InChI is InChI=1S/C13H20N2/c1-5-15(4)10-9-14-13-11(2)7-6-8-12(13)3/h6-10,14H,5H2,1-4H3/b10-9-. The molecule has 1 N–H and O–H groups in total. The highest BCUT2D eigenvalue weighted by molar-refractivity contribution is 5.58. The number of para-hydroxylation sites is 1. The number of benzene rings is 1. The van der Waals surface area contributed by atoms with Gasteiger partial charge < -0.3 is 10.2 Å². The molecule has 0 spiro atoms. The van der Waals surface area contributed by atoms with Crippen LogP contribution in [0.3, 0.4) is 0 Å². The molecule has 0 aliphatic rings. The van der Waals surface area contributed by atoms with E-state index >= 15 is 0 Å². The molecule has 0 radical (unpaired) electrons. The van der Waals surface area contributed by atoms with Crippen LogP contribution in [0.25, 0.3) is 0 Å². The average Bonchev–Trinajstić information content (AvgIpc) is 2.22. The molecule has 0 bridgehead atoms. The molecule has 2 heteroatoms. The summed E-state index contributed by atoms with van der Waals surface area (Å²) in [5, 5.41) is 3.32. The molecule has 0 atom stereocenters. The number of nitrogens with zero attached hydrogens (tertiary/aromatic N) is 1. The van der Waals surface area contributed by atoms with Crippen molar-refractivity contribution >= 4 is 5.69 Å². The molecule has 1 aromatic carbocycles. The molecule has 1 rings (SSSR count). The van der Waals surface area contributed by atoms with Crippen LogP contribution in [0, 0.1) is 13.8 Å². The van der Waals surface area contributed by atoms with Gasteiger partial charge in [-0.3, -0.25) is 0 Å². The molecule has 0 aliphatic heterocycles. The Labute approximate surface area is 92.6 Å². The molecule has 1 aromatic rings. The Bertz CT molecular complexity index is 322. The lowest BCUT2D eigenvalue weighted by molar-refractivity contribution is 0.483. The first-order valence-electron chi connectivity index (χ1n) is 5.34. The first-order valence-corrected chi connectivity index (χ1v) is 5.34. The molecule has 0 amide bonds. The van der Waals surface area contributed by atoms with Gasteiger partial charge >= 0.3 is 0 Å². The van der Waals surface area contributed by atoms with E-state index in [1.54, 1.807) is 0 Å². The molecule has 0 unspecified atom stereocenters. The fourth-order valence-electron chi connectivity index (χ4n) is 1.40. The van der Waals surface area contributed by atoms with Crippen LogP contribution in [0.1, 0.15) is 18.1 Å². The molecule has 0 saturated carbocycles. The van der Waals surface area contributed by atoms with E-state index in [0.29, 0.717) is 0 Å². The van der Waals surface area contributed by atoms with Gasteiger partial charge in [-0.2, -0.15) is 0 Å². The topological polar surface area (TPSA) is 15.3 Å². The van der Waals surface area contributed by atoms with Crippen LogP contribution in [0.15, 0.2) is 30.6 Å². The minimum atomic E-state index is 1.02. The Morgan fingerprint density at radius 1 is 1.27 bits per heavy atom. The number of hydrogen-bond donors (Lipinski definition) is 1. The summed E-state index contributed by atoms with van der Waals surface area (Å²) in [4.78, 5) is 2.13. The third kappa shape index (κ3) is 3.31. The first kappa shape index (κ1) is 11.6. The quantitative estimate of drug-likeness (QED) is 0.810. The van der Waals surface area contributed by atoms with Crippen molar-refractivity contribution in [1.29, 1.82) is 0 Å². The van der Waals surface area contributed by atoms with Crippen LogP contribution in [0.4, 0.5) is 5.69 Å². The Morgan fingerprint density at radius 2 is 1.87 bits per heavy atom. The number of nitrogens with one attached hydrogen (secondary N) is 1. The summed E-state index contributed by atoms with van der Waals surface area (Å²) in [5.74, 6) is 0. The van der Waals surface area contributed by atoms with Gasteiger partial charge in [-0.15, -0.1) is 0 Å². The van der Waals surface area contributed by atoms with Crippen molar-refractivity contribution in [2.24, 2.45) is 0 Å². The third-order valence-electron chi connectivity index (χ3n) is 2.54. The van der Waals surface area contributed by atoms with Crippen molar-refractivity contribution < 1.29 is 0 Å². The second kappa shape index (κ2) is 5.44. The van der Waals surface area contributed by atoms with E-state index in [4.69, 9.17) is 0 Å². The summed E-state index contributed by atoms with van der Waals surface area (Å²) in [6.45, 7) is 7.38. The molecule has 0 saturated heterocycles. The number of anilines is 1. The maximum absolute atomic E-state index is 3.32. The van der Waals surface area contributed by atoms with E-state index in [1.165, 1.54) is 16.8 Å². The highest BCUT2D eigenvalue weighted by Gasteiger charge is 1.98. The SMILES string of the molecule is CCN(C)/C=C\Nc1c(C)cccc1C. The second-order valence-electron chi connectivity index (χ2n) is 3.80. The monoisotopic (exact) mass is 204 g/mol. The minimum Gasteiger partial charge on any atom is -0.380 e. The zero-order valence-electron chi connectivity index (χ0n) is 10.0. The summed E-state index contributed by atoms with van der Waals surface area (Å²) in [6, 6.07) is 6.32. The van der Waals surface area contributed by atoms with Crippen molar-refractivity contribution in [2.45, 2.75) is 20.8 Å². The molecule has 0 aromatic heterocycles. The lowest BCUT2D eigenvalue weighted by Gasteiger charge is -2.12. The highest BCUT2D eigenvalue weighted by atomic mass is 15.1. The maximum Gasteiger partial charge on any atom is 0.0439 e. The molecule has 0 aliphatic carbocycles. The largest absolute Gasteiger partial charge is 0.380 e. The van der Waals surface area contributed by atoms with Gasteiger partial charge in [-0.25, -0.2) is 0 Å². The fourth-order valence-corrected chi connectivity index (χ4v) is 1.40. The first-order chi connectivity index (χ1) is 7.15. The molecule has 15 heavy (non-hydrogen) atoms. The normalized spacial score (nSPS) is 10.7. The van der Waals surface area contributed by atoms with Gasteiger partial charge in [0.1, 0.15) is 0 Å². The van der Waals surface area contributed by atoms with Gasteiger partial charge in [-0.1, -0.05) is 18.2 Å². The number of hydrogen-bond acceptors (Lipinski definition) is 2. The van der Waals surface area contributed by atoms with Crippen molar-refractivity contribution in [1.82, 2.24) is 4.90 Å². The van der Waals surface area contributed by atoms with Crippen LogP contribution in [-0.2, 0) is 0 Å². The van der Waals surface area contributed by atoms with Crippen LogP contribution < -0.4 is 5.32 Å². The summed E-state index contributed by atoms with van der Waals surface area (Å²) in [7, 11) is 2.06. The van der Waals surface area contributed by atoms with Gasteiger partial charge in [0, 0.05) is 31.7 Å². The van der Waals surface area contributed by atoms with Crippen molar-refractivity contribution in [3.63, 3.8) is 0 Å². The Kier molecular flexibility index (Phi) is 4.22. The summed E-state index contributed by atoms with van der Waals surface area (Å²) >= 11 is 0. The van der Waals surface area contributed by atoms with Crippen LogP contribution in [-0.4, -0.2) is 18.5 Å². The van der Waals surface area contributed by atoms with E-state index in [-0.39, 0.29) is 0 Å². The van der Waals surface area contributed by atoms with Crippen LogP contribution in [0.2, 0.25) is 0 Å². The van der Waals surface area contributed by atoms with E-state index in [1.807, 2.05) is 12.4 Å². The summed E-state index contributed by atoms with van der Waals surface area (Å²) in [5.41, 5.74) is 3.76. The third-order valence-corrected chi connectivity index (χ3v) is 2.54. The number of aryl methyl sites for hydroxylation is 2. The van der Waals surface area contributed by atoms with E-state index in [0.717, 1.165) is 6.54 Å². The lowest BCUT2D eigenvalue weighted by Crippen LogP contribution is -2.09. The van der Waals surface area contributed by atoms with Crippen LogP contribution >= 0.6 is 0 Å². The van der Waals surface area contributed by atoms with Gasteiger partial charge in [0.25, 0.3) is 0 Å². The highest BCUT2D eigenvalue weighted by Crippen LogP contribution is 2.19. The molecule has 2 nitrogen and oxygen atoms in total. The average molecular weight is 204 g/mol.